The zero-order valence-electron chi connectivity index (χ0n) is 19.1. The molecule has 1 fully saturated rings. The van der Waals surface area contributed by atoms with Crippen LogP contribution in [0.15, 0.2) is 49.3 Å². The molecule has 0 spiro atoms. The van der Waals surface area contributed by atoms with E-state index in [-0.39, 0.29) is 5.91 Å². The Hall–Kier alpha value is -3.59. The van der Waals surface area contributed by atoms with Gasteiger partial charge in [-0.1, -0.05) is 0 Å². The van der Waals surface area contributed by atoms with E-state index in [0.717, 1.165) is 36.0 Å². The Labute approximate surface area is 177 Å². The molecule has 1 amide bonds. The van der Waals surface area contributed by atoms with E-state index in [1.54, 1.807) is 30.9 Å². The molecular formula is C21H22N8O. The fraction of sp³-hybridized carbons (Fsp3) is 0.286. The zero-order valence-corrected chi connectivity index (χ0v) is 16.1. The van der Waals surface area contributed by atoms with Crippen molar-refractivity contribution in [3.05, 3.63) is 54.9 Å². The lowest BCUT2D eigenvalue weighted by Gasteiger charge is -2.22. The van der Waals surface area contributed by atoms with E-state index in [1.807, 2.05) is 10.7 Å². The van der Waals surface area contributed by atoms with E-state index in [1.165, 1.54) is 12.4 Å². The number of carbonyl (C=O) groups is 1. The van der Waals surface area contributed by atoms with Crippen LogP contribution in [-0.2, 0) is 6.98 Å². The quantitative estimate of drug-likeness (QED) is 0.541. The third-order valence-electron chi connectivity index (χ3n) is 5.27. The first kappa shape index (κ1) is 15.3. The Balaban J connectivity index is 1.35. The summed E-state index contributed by atoms with van der Waals surface area (Å²) >= 11 is 0. The van der Waals surface area contributed by atoms with Gasteiger partial charge in [0.05, 0.1) is 35.7 Å². The minimum absolute atomic E-state index is 0.287. The van der Waals surface area contributed by atoms with E-state index >= 15 is 0 Å². The summed E-state index contributed by atoms with van der Waals surface area (Å²) in [6, 6.07) is 3.89. The minimum atomic E-state index is -2.34. The second kappa shape index (κ2) is 7.68. The van der Waals surface area contributed by atoms with Crippen molar-refractivity contribution in [2.45, 2.75) is 18.9 Å². The number of carbonyl (C=O) groups excluding carboxylic acids is 1. The summed E-state index contributed by atoms with van der Waals surface area (Å²) in [7, 11) is 0. The molecular weight excluding hydrogens is 380 g/mol. The second-order valence-corrected chi connectivity index (χ2v) is 7.30. The van der Waals surface area contributed by atoms with Crippen molar-refractivity contribution in [2.24, 2.45) is 6.98 Å². The van der Waals surface area contributed by atoms with Crippen LogP contribution in [0.3, 0.4) is 0 Å². The summed E-state index contributed by atoms with van der Waals surface area (Å²) in [6.45, 7) is -0.453. The lowest BCUT2D eigenvalue weighted by atomic mass is 10.1. The van der Waals surface area contributed by atoms with Crippen molar-refractivity contribution in [2.75, 3.05) is 18.4 Å². The average molecular weight is 405 g/mol. The van der Waals surface area contributed by atoms with Gasteiger partial charge in [-0.2, -0.15) is 10.2 Å². The van der Waals surface area contributed by atoms with Crippen LogP contribution in [-0.4, -0.2) is 48.5 Å². The fourth-order valence-corrected chi connectivity index (χ4v) is 3.64. The summed E-state index contributed by atoms with van der Waals surface area (Å²) in [6.07, 6.45) is 11.5. The Bertz CT molecular complexity index is 1310. The van der Waals surface area contributed by atoms with Crippen LogP contribution >= 0.6 is 0 Å². The Morgan fingerprint density at radius 2 is 2.00 bits per heavy atom. The molecule has 1 saturated heterocycles. The third kappa shape index (κ3) is 3.67. The molecule has 0 bridgehead atoms. The second-order valence-electron chi connectivity index (χ2n) is 7.30. The Morgan fingerprint density at radius 1 is 1.10 bits per heavy atom. The molecule has 30 heavy (non-hydrogen) atoms. The predicted molar refractivity (Wildman–Crippen MR) is 113 cm³/mol. The molecule has 5 rings (SSSR count). The highest BCUT2D eigenvalue weighted by Crippen LogP contribution is 2.24. The third-order valence-corrected chi connectivity index (χ3v) is 5.27. The molecule has 9 nitrogen and oxygen atoms in total. The van der Waals surface area contributed by atoms with Crippen LogP contribution in [0, 0.1) is 0 Å². The maximum Gasteiger partial charge on any atom is 0.260 e. The van der Waals surface area contributed by atoms with Crippen molar-refractivity contribution in [3.63, 3.8) is 0 Å². The molecule has 9 heteroatoms. The Kier molecular flexibility index (Phi) is 3.91. The molecule has 0 aliphatic carbocycles. The van der Waals surface area contributed by atoms with Gasteiger partial charge in [0.1, 0.15) is 5.82 Å². The number of fused-ring (bicyclic) bond motifs is 1. The van der Waals surface area contributed by atoms with E-state index < -0.39 is 6.98 Å². The zero-order chi connectivity index (χ0) is 23.0. The molecule has 0 unspecified atom stereocenters. The maximum absolute atomic E-state index is 12.7. The number of hydrogen-bond donors (Lipinski definition) is 2. The number of piperidine rings is 1. The van der Waals surface area contributed by atoms with Gasteiger partial charge in [0, 0.05) is 46.2 Å². The van der Waals surface area contributed by atoms with Crippen molar-refractivity contribution in [1.82, 2.24) is 34.8 Å². The highest BCUT2D eigenvalue weighted by molar-refractivity contribution is 6.04. The normalized spacial score (nSPS) is 16.7. The molecule has 4 aromatic rings. The van der Waals surface area contributed by atoms with Crippen molar-refractivity contribution in [3.8, 4) is 11.1 Å². The monoisotopic (exact) mass is 405 g/mol. The predicted octanol–water partition coefficient (Wildman–Crippen LogP) is 2.40. The standard InChI is InChI=1S/C21H22N8O/c1-28-12-16(9-25-28)15-6-14-7-20(24-11-19(14)23-8-15)27-21(30)17-10-26-29(13-17)18-2-4-22-5-3-18/h6-13,18,22H,2-5H2,1H3,(H,24,27,30)/i1D3. The van der Waals surface area contributed by atoms with E-state index in [4.69, 9.17) is 4.11 Å². The highest BCUT2D eigenvalue weighted by Gasteiger charge is 2.18. The smallest absolute Gasteiger partial charge is 0.260 e. The molecule has 1 aliphatic heterocycles. The summed E-state index contributed by atoms with van der Waals surface area (Å²) in [5, 5.41) is 15.2. The fourth-order valence-electron chi connectivity index (χ4n) is 3.64. The highest BCUT2D eigenvalue weighted by atomic mass is 16.1. The van der Waals surface area contributed by atoms with E-state index in [0.29, 0.717) is 34.1 Å². The molecule has 0 aromatic carbocycles. The molecule has 0 saturated carbocycles. The van der Waals surface area contributed by atoms with Crippen LogP contribution in [0.4, 0.5) is 5.82 Å². The summed E-state index contributed by atoms with van der Waals surface area (Å²) in [5.41, 5.74) is 2.47. The molecule has 152 valence electrons. The first-order valence-corrected chi connectivity index (χ1v) is 9.74. The number of amides is 1. The number of rotatable bonds is 4. The largest absolute Gasteiger partial charge is 0.317 e. The van der Waals surface area contributed by atoms with Crippen molar-refractivity contribution in [1.29, 1.82) is 0 Å². The lowest BCUT2D eigenvalue weighted by molar-refractivity contribution is 0.102. The topological polar surface area (TPSA) is 103 Å². The molecule has 5 heterocycles. The molecule has 4 aromatic heterocycles. The maximum atomic E-state index is 12.7. The van der Waals surface area contributed by atoms with Crippen LogP contribution in [0.5, 0.6) is 0 Å². The van der Waals surface area contributed by atoms with Gasteiger partial charge >= 0.3 is 0 Å². The molecule has 0 atom stereocenters. The lowest BCUT2D eigenvalue weighted by Crippen LogP contribution is -2.29. The van der Waals surface area contributed by atoms with Crippen molar-refractivity contribution >= 4 is 22.6 Å². The number of aryl methyl sites for hydroxylation is 1. The minimum Gasteiger partial charge on any atom is -0.317 e. The van der Waals surface area contributed by atoms with Gasteiger partial charge in [0.25, 0.3) is 5.91 Å². The number of pyridine rings is 2. The van der Waals surface area contributed by atoms with Crippen molar-refractivity contribution < 1.29 is 8.91 Å². The molecule has 0 radical (unpaired) electrons. The van der Waals surface area contributed by atoms with Gasteiger partial charge in [-0.05, 0) is 38.1 Å². The molecule has 2 N–H and O–H groups in total. The van der Waals surface area contributed by atoms with Crippen LogP contribution in [0.2, 0.25) is 0 Å². The van der Waals surface area contributed by atoms with Crippen LogP contribution < -0.4 is 10.6 Å². The number of aromatic nitrogens is 6. The van der Waals surface area contributed by atoms with Crippen LogP contribution in [0.25, 0.3) is 22.0 Å². The first-order chi connectivity index (χ1) is 15.9. The number of anilines is 1. The van der Waals surface area contributed by atoms with Crippen LogP contribution in [0.1, 0.15) is 33.4 Å². The van der Waals surface area contributed by atoms with Gasteiger partial charge in [-0.25, -0.2) is 4.98 Å². The van der Waals surface area contributed by atoms with Gasteiger partial charge in [-0.15, -0.1) is 0 Å². The summed E-state index contributed by atoms with van der Waals surface area (Å²) in [4.78, 5) is 21.4. The Morgan fingerprint density at radius 3 is 2.83 bits per heavy atom. The number of nitrogens with zero attached hydrogens (tertiary/aromatic N) is 6. The summed E-state index contributed by atoms with van der Waals surface area (Å²) < 4.78 is 25.2. The first-order valence-electron chi connectivity index (χ1n) is 11.2. The van der Waals surface area contributed by atoms with Gasteiger partial charge in [0.2, 0.25) is 0 Å². The van der Waals surface area contributed by atoms with Gasteiger partial charge in [0.15, 0.2) is 0 Å². The van der Waals surface area contributed by atoms with Gasteiger partial charge in [-0.3, -0.25) is 19.1 Å². The number of hydrogen-bond acceptors (Lipinski definition) is 6. The van der Waals surface area contributed by atoms with Gasteiger partial charge < -0.3 is 10.6 Å². The summed E-state index contributed by atoms with van der Waals surface area (Å²) in [5.74, 6) is 0.101. The molecule has 1 aliphatic rings. The van der Waals surface area contributed by atoms with E-state index in [9.17, 15) is 4.79 Å². The SMILES string of the molecule is [2H]C([2H])([2H])n1cc(-c2cnc3cnc(NC(=O)c4cnn(C5CCNCC5)c4)cc3c2)cn1. The number of nitrogens with one attached hydrogen (secondary N) is 2. The van der Waals surface area contributed by atoms with E-state index in [2.05, 4.69) is 30.8 Å². The average Bonchev–Trinajstić information content (AvgIpc) is 3.49.